The number of carbonyl (C=O) groups excluding carboxylic acids is 10. The van der Waals surface area contributed by atoms with Crippen molar-refractivity contribution in [2.24, 2.45) is 0 Å². The van der Waals surface area contributed by atoms with Crippen LogP contribution in [-0.2, 0) is 47.9 Å². The molecule has 5 atom stereocenters. The van der Waals surface area contributed by atoms with Gasteiger partial charge in [0.1, 0.15) is 47.3 Å². The van der Waals surface area contributed by atoms with Gasteiger partial charge in [-0.3, -0.25) is 72.4 Å². The topological polar surface area (TPSA) is 266 Å². The number of rotatable bonds is 27. The summed E-state index contributed by atoms with van der Waals surface area (Å²) in [4.78, 5) is 138. The van der Waals surface area contributed by atoms with Gasteiger partial charge in [-0.25, -0.2) is 8.78 Å². The number of nitrogens with one attached hydrogen (secondary N) is 5. The highest BCUT2D eigenvalue weighted by atomic mass is 32.1. The number of amides is 10. The second-order valence-electron chi connectivity index (χ2n) is 36.2. The van der Waals surface area contributed by atoms with Crippen molar-refractivity contribution < 1.29 is 66.2 Å². The summed E-state index contributed by atoms with van der Waals surface area (Å²) < 4.78 is 39.7. The molecule has 10 aromatic carbocycles. The number of para-hydroxylation sites is 3. The van der Waals surface area contributed by atoms with E-state index in [9.17, 15) is 56.7 Å². The van der Waals surface area contributed by atoms with E-state index in [2.05, 4.69) is 50.3 Å². The number of fused-ring (bicyclic) bond motifs is 1. The molecule has 0 saturated heterocycles. The van der Waals surface area contributed by atoms with Crippen LogP contribution >= 0.6 is 11.3 Å². The molecule has 5 aliphatic carbocycles. The molecule has 5 saturated carbocycles. The second kappa shape index (κ2) is 55.5. The summed E-state index contributed by atoms with van der Waals surface area (Å²) in [5, 5.41) is 19.3. The summed E-state index contributed by atoms with van der Waals surface area (Å²) in [5.41, 5.74) is 5.19. The molecular weight excluding hydrogens is 1840 g/mol. The third-order valence-electron chi connectivity index (χ3n) is 26.6. The molecule has 10 amide bonds. The molecule has 0 aliphatic heterocycles. The van der Waals surface area contributed by atoms with Crippen LogP contribution in [-0.4, -0.2) is 104 Å². The van der Waals surface area contributed by atoms with Crippen LogP contribution in [0.2, 0.25) is 0 Å². The minimum Gasteiger partial charge on any atom is -0.497 e. The van der Waals surface area contributed by atoms with Crippen molar-refractivity contribution >= 4 is 110 Å². The quantitative estimate of drug-likeness (QED) is 0.0301. The van der Waals surface area contributed by atoms with Crippen molar-refractivity contribution in [1.82, 2.24) is 26.6 Å². The minimum atomic E-state index is -1.43. The second-order valence-corrected chi connectivity index (χ2v) is 37.2. The maximum absolute atomic E-state index is 14.7. The Morgan fingerprint density at radius 1 is 0.303 bits per heavy atom. The van der Waals surface area contributed by atoms with Gasteiger partial charge >= 0.3 is 29.5 Å². The number of thiophene rings is 1. The Labute approximate surface area is 853 Å². The molecule has 25 heteroatoms. The molecule has 11 aromatic rings. The van der Waals surface area contributed by atoms with Crippen LogP contribution in [0, 0.1) is 80.3 Å². The average molecular weight is 1970 g/mol. The fourth-order valence-electron chi connectivity index (χ4n) is 19.3. The molecule has 1 aromatic heterocycles. The monoisotopic (exact) mass is 1970 g/mol. The van der Waals surface area contributed by atoms with Gasteiger partial charge in [0.2, 0.25) is 29.5 Å². The van der Waals surface area contributed by atoms with Crippen molar-refractivity contribution in [2.75, 3.05) is 38.7 Å². The Morgan fingerprint density at radius 3 is 1.02 bits per heavy atom. The van der Waals surface area contributed by atoms with Crippen LogP contribution in [0.4, 0.5) is 37.2 Å². The van der Waals surface area contributed by atoms with Gasteiger partial charge in [-0.15, -0.1) is 43.5 Å². The van der Waals surface area contributed by atoms with Gasteiger partial charge in [-0.2, -0.15) is 0 Å². The van der Waals surface area contributed by atoms with Gasteiger partial charge in [0.25, 0.3) is 0 Å². The normalized spacial score (nSPS) is 15.2. The van der Waals surface area contributed by atoms with Gasteiger partial charge in [0.05, 0.1) is 25.6 Å². The summed E-state index contributed by atoms with van der Waals surface area (Å²) in [6.45, 7) is 1.91. The molecule has 746 valence electrons. The summed E-state index contributed by atoms with van der Waals surface area (Å²) in [5.74, 6) is 6.12. The molecule has 5 aliphatic rings. The Bertz CT molecular complexity index is 6400. The smallest absolute Gasteiger partial charge is 0.303 e. The zero-order valence-corrected chi connectivity index (χ0v) is 82.9. The standard InChI is InChI=1S/C27H26N2O2.C25H28N2O4.C24H26N2O2.C23H22F2N2O2.C21H22N2O2S/c1-2-25(30)29(24-19-11-15-20-12-9-10-18-23(20)24)26(21-13-5-3-6-14-21)27(31)28-22-16-7-4-8-17-22;1-4-23(28)27(20-12-16-22(31-3)17-13-20)24(18-10-14-21(30-2)15-11-18)25(29)26-19-8-6-5-7-9-19;1-3-22(27)26(21-17-11-10-12-18(21)2)23(19-13-6-4-7-14-19)24(28)25-20-15-8-5-9-16-20;1-2-21(28)27(20-15-9-8-14-19(20)25)22(17-12-6-7-13-18(17)24)23(29)26-16-10-4-3-5-11-16;1-2-19(24)23(17-12-7-4-8-13-17)20(18-14-9-15-26-18)21(25)22-16-10-5-3-6-11-16/h1,3,5-6,9-15,18-19,22,26H,4,7-8,16-17H2,(H,28,31);1,10-17,19,24H,5-9H2,2-3H3,(H,26,29);1,4,6-7,10-14,17,20,23H,5,8-9,15-16H2,2H3,(H,25,28);1,6-9,12-16,22H,3-5,10-11H2,(H,26,29);1,4,7-9,12-16,20H,3,5-6,10-11H2,(H,22,25). The highest BCUT2D eigenvalue weighted by molar-refractivity contribution is 7.10. The number of anilines is 5. The summed E-state index contributed by atoms with van der Waals surface area (Å²) in [6, 6.07) is 73.4. The molecule has 22 nitrogen and oxygen atoms in total. The van der Waals surface area contributed by atoms with Crippen LogP contribution in [0.5, 0.6) is 11.5 Å². The molecule has 0 spiro atoms. The maximum atomic E-state index is 14.7. The Kier molecular flexibility index (Phi) is 41.3. The van der Waals surface area contributed by atoms with Crippen LogP contribution in [0.25, 0.3) is 10.8 Å². The summed E-state index contributed by atoms with van der Waals surface area (Å²) in [6.07, 6.45) is 53.4. The Hall–Kier alpha value is -15.9. The molecular formula is C120H124F2N10O12S. The van der Waals surface area contributed by atoms with E-state index in [1.54, 1.807) is 80.9 Å². The van der Waals surface area contributed by atoms with Gasteiger partial charge in [-0.1, -0.05) is 278 Å². The van der Waals surface area contributed by atoms with Crippen LogP contribution in [0.1, 0.15) is 223 Å². The number of benzene rings is 10. The fourth-order valence-corrected chi connectivity index (χ4v) is 20.1. The Balaban J connectivity index is 0.000000162. The predicted octanol–water partition coefficient (Wildman–Crippen LogP) is 21.0. The van der Waals surface area contributed by atoms with E-state index < -0.39 is 77.3 Å². The molecule has 16 rings (SSSR count). The molecule has 5 fully saturated rings. The van der Waals surface area contributed by atoms with Crippen molar-refractivity contribution in [2.45, 2.75) is 228 Å². The van der Waals surface area contributed by atoms with Gasteiger partial charge < -0.3 is 36.1 Å². The van der Waals surface area contributed by atoms with Crippen LogP contribution < -0.4 is 60.6 Å². The van der Waals surface area contributed by atoms with Crippen molar-refractivity contribution in [3.63, 3.8) is 0 Å². The summed E-state index contributed by atoms with van der Waals surface area (Å²) >= 11 is 1.45. The zero-order valence-electron chi connectivity index (χ0n) is 82.1. The predicted molar refractivity (Wildman–Crippen MR) is 568 cm³/mol. The number of aryl methyl sites for hydroxylation is 1. The maximum Gasteiger partial charge on any atom is 0.303 e. The number of terminal acetylenes is 5. The van der Waals surface area contributed by atoms with Gasteiger partial charge in [0, 0.05) is 63.1 Å². The zero-order chi connectivity index (χ0) is 103. The molecule has 1 heterocycles. The Morgan fingerprint density at radius 2 is 0.614 bits per heavy atom. The van der Waals surface area contributed by atoms with Crippen molar-refractivity contribution in [3.05, 3.63) is 317 Å². The lowest BCUT2D eigenvalue weighted by molar-refractivity contribution is -0.126. The molecule has 145 heavy (non-hydrogen) atoms. The van der Waals surface area contributed by atoms with E-state index in [0.29, 0.717) is 39.8 Å². The highest BCUT2D eigenvalue weighted by Gasteiger charge is 2.42. The van der Waals surface area contributed by atoms with Gasteiger partial charge in [-0.05, 0) is 219 Å². The molecule has 0 radical (unpaired) electrons. The van der Waals surface area contributed by atoms with E-state index in [-0.39, 0.29) is 65.1 Å². The van der Waals surface area contributed by atoms with Crippen LogP contribution in [0.15, 0.2) is 272 Å². The van der Waals surface area contributed by atoms with Crippen molar-refractivity contribution in [1.29, 1.82) is 0 Å². The number of ether oxygens (including phenoxy) is 2. The lowest BCUT2D eigenvalue weighted by Gasteiger charge is -2.33. The number of halogens is 2. The molecule has 0 bridgehead atoms. The van der Waals surface area contributed by atoms with E-state index in [1.165, 1.54) is 93.0 Å². The SMILES string of the molecule is C#CC(=O)N(c1ccc(OC)cc1)C(C(=O)NC1CCCCC1)c1ccc(OC)cc1.C#CC(=O)N(c1cccc2ccccc12)C(C(=O)NC1CCCCC1)c1ccccc1.C#CC(=O)N(c1ccccc1)C(C(=O)NC1CCCCC1)c1cccs1.C#CC(=O)N(c1ccccc1C)C(C(=O)NC1CCCCC1)c1ccccc1.C#CC(=O)N(c1ccccc1F)C(C(=O)NC1CCCCC1)c1ccccc1F. The summed E-state index contributed by atoms with van der Waals surface area (Å²) in [7, 11) is 3.14. The first-order chi connectivity index (χ1) is 70.6. The third kappa shape index (κ3) is 29.4. The van der Waals surface area contributed by atoms with Crippen molar-refractivity contribution in [3.8, 4) is 73.2 Å². The average Bonchev–Trinajstić information content (AvgIpc) is 1.03. The lowest BCUT2D eigenvalue weighted by atomic mass is 9.94. The largest absolute Gasteiger partial charge is 0.497 e. The number of hydrogen-bond acceptors (Lipinski definition) is 13. The van der Waals surface area contributed by atoms with Gasteiger partial charge in [0.15, 0.2) is 6.04 Å². The van der Waals surface area contributed by atoms with Crippen LogP contribution in [0.3, 0.4) is 0 Å². The first-order valence-electron chi connectivity index (χ1n) is 49.6. The first kappa shape index (κ1) is 108. The molecule has 5 N–H and O–H groups in total. The van der Waals surface area contributed by atoms with E-state index in [4.69, 9.17) is 41.6 Å². The third-order valence-corrected chi connectivity index (χ3v) is 27.5. The first-order valence-corrected chi connectivity index (χ1v) is 50.5. The number of hydrogen-bond donors (Lipinski definition) is 5. The number of carbonyl (C=O) groups is 10. The fraction of sp³-hybridized carbons (Fsp3) is 0.317. The minimum absolute atomic E-state index is 0.0485. The highest BCUT2D eigenvalue weighted by Crippen LogP contribution is 2.40. The lowest BCUT2D eigenvalue weighted by Crippen LogP contribution is -2.47. The molecule has 5 unspecified atom stereocenters. The van der Waals surface area contributed by atoms with E-state index in [0.717, 1.165) is 178 Å². The van der Waals surface area contributed by atoms with E-state index >= 15 is 0 Å². The number of methoxy groups -OCH3 is 2. The number of nitrogens with zero attached hydrogens (tertiary/aromatic N) is 5. The van der Waals surface area contributed by atoms with E-state index in [1.807, 2.05) is 176 Å².